The average molecular weight is 463 g/mol. The van der Waals surface area contributed by atoms with E-state index in [1.165, 1.54) is 107 Å². The van der Waals surface area contributed by atoms with E-state index in [2.05, 4.69) is 38.1 Å². The summed E-state index contributed by atoms with van der Waals surface area (Å²) in [7, 11) is 0. The standard InChI is InChI=1S/C32H46O2/c1-3-5-7-9-12-24-32(25-13-10-14-26-32)29-20-22-30(23-21-29)34-31(33)28-18-16-27(17-19-28)15-11-8-6-4-2/h16-23H,3-15,24-26H2,1-2H3. The number of unbranched alkanes of at least 4 members (excludes halogenated alkanes) is 7. The quantitative estimate of drug-likeness (QED) is 0.159. The van der Waals surface area contributed by atoms with Crippen LogP contribution in [0, 0.1) is 0 Å². The molecule has 0 saturated heterocycles. The normalized spacial score (nSPS) is 15.2. The molecule has 0 aliphatic heterocycles. The third-order valence-electron chi connectivity index (χ3n) is 7.76. The Hall–Kier alpha value is -2.09. The molecule has 0 unspecified atom stereocenters. The van der Waals surface area contributed by atoms with Gasteiger partial charge in [0.15, 0.2) is 0 Å². The van der Waals surface area contributed by atoms with E-state index in [0.717, 1.165) is 6.42 Å². The number of hydrogen-bond donors (Lipinski definition) is 0. The zero-order valence-electron chi connectivity index (χ0n) is 21.7. The van der Waals surface area contributed by atoms with Crippen LogP contribution in [-0.2, 0) is 11.8 Å². The van der Waals surface area contributed by atoms with Gasteiger partial charge in [0.05, 0.1) is 5.56 Å². The van der Waals surface area contributed by atoms with Crippen molar-refractivity contribution in [3.05, 3.63) is 65.2 Å². The maximum atomic E-state index is 12.7. The summed E-state index contributed by atoms with van der Waals surface area (Å²) in [5, 5.41) is 0. The molecule has 0 spiro atoms. The lowest BCUT2D eigenvalue weighted by Gasteiger charge is -2.38. The molecule has 2 aromatic rings. The molecule has 1 fully saturated rings. The number of hydrogen-bond acceptors (Lipinski definition) is 2. The molecule has 1 aliphatic carbocycles. The second-order valence-electron chi connectivity index (χ2n) is 10.4. The molecule has 0 radical (unpaired) electrons. The predicted molar refractivity (Wildman–Crippen MR) is 144 cm³/mol. The largest absolute Gasteiger partial charge is 0.423 e. The zero-order chi connectivity index (χ0) is 24.1. The molecule has 2 nitrogen and oxygen atoms in total. The lowest BCUT2D eigenvalue weighted by molar-refractivity contribution is 0.0734. The molecule has 0 heterocycles. The monoisotopic (exact) mass is 462 g/mol. The first kappa shape index (κ1) is 26.5. The van der Waals surface area contributed by atoms with Gasteiger partial charge in [-0.05, 0) is 72.9 Å². The highest BCUT2D eigenvalue weighted by molar-refractivity contribution is 5.91. The van der Waals surface area contributed by atoms with Gasteiger partial charge in [-0.1, -0.05) is 109 Å². The topological polar surface area (TPSA) is 26.3 Å². The van der Waals surface area contributed by atoms with E-state index in [1.54, 1.807) is 0 Å². The van der Waals surface area contributed by atoms with Crippen molar-refractivity contribution in [2.45, 2.75) is 122 Å². The summed E-state index contributed by atoms with van der Waals surface area (Å²) in [6.45, 7) is 4.51. The van der Waals surface area contributed by atoms with Crippen LogP contribution in [0.1, 0.15) is 132 Å². The van der Waals surface area contributed by atoms with Crippen LogP contribution in [-0.4, -0.2) is 5.97 Å². The molecule has 0 aromatic heterocycles. The zero-order valence-corrected chi connectivity index (χ0v) is 21.7. The second-order valence-corrected chi connectivity index (χ2v) is 10.4. The van der Waals surface area contributed by atoms with E-state index in [4.69, 9.17) is 4.74 Å². The molecule has 2 aromatic carbocycles. The third kappa shape index (κ3) is 8.00. The Kier molecular flexibility index (Phi) is 11.2. The number of esters is 1. The Morgan fingerprint density at radius 2 is 1.35 bits per heavy atom. The van der Waals surface area contributed by atoms with Gasteiger partial charge in [-0.15, -0.1) is 0 Å². The van der Waals surface area contributed by atoms with Crippen molar-refractivity contribution in [1.29, 1.82) is 0 Å². The summed E-state index contributed by atoms with van der Waals surface area (Å²) in [6, 6.07) is 16.4. The second kappa shape index (κ2) is 14.3. The van der Waals surface area contributed by atoms with Crippen LogP contribution in [0.25, 0.3) is 0 Å². The van der Waals surface area contributed by atoms with E-state index in [1.807, 2.05) is 24.3 Å². The number of ether oxygens (including phenoxy) is 1. The van der Waals surface area contributed by atoms with E-state index in [9.17, 15) is 4.79 Å². The molecule has 0 amide bonds. The summed E-state index contributed by atoms with van der Waals surface area (Å²) >= 11 is 0. The van der Waals surface area contributed by atoms with Gasteiger partial charge in [-0.2, -0.15) is 0 Å². The van der Waals surface area contributed by atoms with Crippen molar-refractivity contribution in [1.82, 2.24) is 0 Å². The Bertz CT molecular complexity index is 828. The Morgan fingerprint density at radius 1 is 0.735 bits per heavy atom. The molecule has 34 heavy (non-hydrogen) atoms. The highest BCUT2D eigenvalue weighted by Gasteiger charge is 2.33. The maximum absolute atomic E-state index is 12.7. The summed E-state index contributed by atoms with van der Waals surface area (Å²) < 4.78 is 5.72. The first-order valence-corrected chi connectivity index (χ1v) is 14.1. The number of aryl methyl sites for hydroxylation is 1. The molecule has 2 heteroatoms. The van der Waals surface area contributed by atoms with Gasteiger partial charge in [-0.25, -0.2) is 4.79 Å². The van der Waals surface area contributed by atoms with E-state index < -0.39 is 0 Å². The fourth-order valence-electron chi connectivity index (χ4n) is 5.58. The SMILES string of the molecule is CCCCCCCC1(c2ccc(OC(=O)c3ccc(CCCCCC)cc3)cc2)CCCCC1. The van der Waals surface area contributed by atoms with Gasteiger partial charge in [0, 0.05) is 0 Å². The summed E-state index contributed by atoms with van der Waals surface area (Å²) in [5.41, 5.74) is 3.68. The number of carbonyl (C=O) groups is 1. The number of benzene rings is 2. The minimum Gasteiger partial charge on any atom is -0.423 e. The van der Waals surface area contributed by atoms with E-state index in [0.29, 0.717) is 16.7 Å². The van der Waals surface area contributed by atoms with Gasteiger partial charge in [-0.3, -0.25) is 0 Å². The highest BCUT2D eigenvalue weighted by atomic mass is 16.5. The molecule has 0 atom stereocenters. The fourth-order valence-corrected chi connectivity index (χ4v) is 5.58. The Labute approximate surface area is 208 Å². The first-order chi connectivity index (χ1) is 16.7. The lowest BCUT2D eigenvalue weighted by atomic mass is 9.66. The van der Waals surface area contributed by atoms with E-state index >= 15 is 0 Å². The fraction of sp³-hybridized carbons (Fsp3) is 0.594. The highest BCUT2D eigenvalue weighted by Crippen LogP contribution is 2.43. The van der Waals surface area contributed by atoms with Crippen LogP contribution < -0.4 is 4.74 Å². The maximum Gasteiger partial charge on any atom is 0.343 e. The molecule has 0 bridgehead atoms. The number of carbonyl (C=O) groups excluding carboxylic acids is 1. The van der Waals surface area contributed by atoms with Crippen LogP contribution >= 0.6 is 0 Å². The van der Waals surface area contributed by atoms with Gasteiger partial charge in [0.1, 0.15) is 5.75 Å². The Balaban J connectivity index is 1.56. The molecule has 186 valence electrons. The summed E-state index contributed by atoms with van der Waals surface area (Å²) in [6.07, 6.45) is 20.7. The van der Waals surface area contributed by atoms with E-state index in [-0.39, 0.29) is 5.97 Å². The molecule has 1 aliphatic rings. The summed E-state index contributed by atoms with van der Waals surface area (Å²) in [4.78, 5) is 12.7. The third-order valence-corrected chi connectivity index (χ3v) is 7.76. The van der Waals surface area contributed by atoms with Crippen molar-refractivity contribution in [2.75, 3.05) is 0 Å². The lowest BCUT2D eigenvalue weighted by Crippen LogP contribution is -2.29. The molecule has 0 N–H and O–H groups in total. The van der Waals surface area contributed by atoms with Crippen LogP contribution in [0.2, 0.25) is 0 Å². The first-order valence-electron chi connectivity index (χ1n) is 14.1. The van der Waals surface area contributed by atoms with Crippen LogP contribution in [0.15, 0.2) is 48.5 Å². The minimum absolute atomic E-state index is 0.270. The van der Waals surface area contributed by atoms with Crippen molar-refractivity contribution in [3.8, 4) is 5.75 Å². The number of rotatable bonds is 14. The van der Waals surface area contributed by atoms with Crippen molar-refractivity contribution >= 4 is 5.97 Å². The molecular formula is C32H46O2. The van der Waals surface area contributed by atoms with Crippen molar-refractivity contribution in [3.63, 3.8) is 0 Å². The van der Waals surface area contributed by atoms with Crippen molar-refractivity contribution < 1.29 is 9.53 Å². The van der Waals surface area contributed by atoms with Crippen LogP contribution in [0.3, 0.4) is 0 Å². The van der Waals surface area contributed by atoms with Gasteiger partial charge < -0.3 is 4.74 Å². The Morgan fingerprint density at radius 3 is 2.00 bits per heavy atom. The van der Waals surface area contributed by atoms with Gasteiger partial charge in [0.25, 0.3) is 0 Å². The average Bonchev–Trinajstić information content (AvgIpc) is 2.88. The van der Waals surface area contributed by atoms with Crippen LogP contribution in [0.4, 0.5) is 0 Å². The predicted octanol–water partition coefficient (Wildman–Crippen LogP) is 9.59. The molecular weight excluding hydrogens is 416 g/mol. The minimum atomic E-state index is -0.270. The molecule has 3 rings (SSSR count). The van der Waals surface area contributed by atoms with Crippen molar-refractivity contribution in [2.24, 2.45) is 0 Å². The van der Waals surface area contributed by atoms with Gasteiger partial charge in [0.2, 0.25) is 0 Å². The summed E-state index contributed by atoms with van der Waals surface area (Å²) in [5.74, 6) is 0.375. The molecule has 1 saturated carbocycles. The van der Waals surface area contributed by atoms with Gasteiger partial charge >= 0.3 is 5.97 Å². The van der Waals surface area contributed by atoms with Crippen LogP contribution in [0.5, 0.6) is 5.75 Å². The smallest absolute Gasteiger partial charge is 0.343 e.